The first-order chi connectivity index (χ1) is 15.7. The normalized spacial score (nSPS) is 15.2. The molecule has 2 heterocycles. The van der Waals surface area contributed by atoms with E-state index in [2.05, 4.69) is 46.3 Å². The molecule has 1 amide bonds. The van der Waals surface area contributed by atoms with E-state index in [1.807, 2.05) is 48.5 Å². The Bertz CT molecular complexity index is 1290. The molecule has 1 unspecified atom stereocenters. The lowest BCUT2D eigenvalue weighted by Crippen LogP contribution is -2.42. The smallest absolute Gasteiger partial charge is 0.284 e. The third kappa shape index (κ3) is 3.83. The molecule has 0 spiro atoms. The molecule has 6 heteroatoms. The van der Waals surface area contributed by atoms with Gasteiger partial charge in [0.05, 0.1) is 6.21 Å². The lowest BCUT2D eigenvalue weighted by Gasteiger charge is -2.24. The van der Waals surface area contributed by atoms with Gasteiger partial charge in [0.1, 0.15) is 6.61 Å². The van der Waals surface area contributed by atoms with Crippen molar-refractivity contribution in [2.45, 2.75) is 19.6 Å². The second kappa shape index (κ2) is 8.59. The van der Waals surface area contributed by atoms with Gasteiger partial charge < -0.3 is 14.0 Å². The van der Waals surface area contributed by atoms with Gasteiger partial charge in [0.25, 0.3) is 5.91 Å². The number of nitrogens with one attached hydrogen (secondary N) is 1. The summed E-state index contributed by atoms with van der Waals surface area (Å²) in [5.74, 6) is 0.853. The maximum Gasteiger partial charge on any atom is 0.284 e. The minimum absolute atomic E-state index is 0.147. The Morgan fingerprint density at radius 2 is 1.75 bits per heavy atom. The van der Waals surface area contributed by atoms with E-state index < -0.39 is 6.10 Å². The number of rotatable bonds is 5. The van der Waals surface area contributed by atoms with Crippen LogP contribution in [-0.2, 0) is 11.3 Å². The van der Waals surface area contributed by atoms with Gasteiger partial charge in [-0.2, -0.15) is 5.10 Å². The number of ether oxygens (including phenoxy) is 2. The van der Waals surface area contributed by atoms with Crippen LogP contribution in [-0.4, -0.2) is 29.4 Å². The summed E-state index contributed by atoms with van der Waals surface area (Å²) in [5, 5.41) is 5.32. The maximum absolute atomic E-state index is 12.6. The van der Waals surface area contributed by atoms with Gasteiger partial charge in [-0.1, -0.05) is 60.7 Å². The van der Waals surface area contributed by atoms with E-state index in [1.54, 1.807) is 12.3 Å². The van der Waals surface area contributed by atoms with Gasteiger partial charge in [-0.3, -0.25) is 4.79 Å². The zero-order valence-corrected chi connectivity index (χ0v) is 17.7. The predicted octanol–water partition coefficient (Wildman–Crippen LogP) is 4.29. The first-order valence-electron chi connectivity index (χ1n) is 10.5. The Morgan fingerprint density at radius 3 is 2.59 bits per heavy atom. The van der Waals surface area contributed by atoms with Crippen molar-refractivity contribution >= 4 is 23.0 Å². The Balaban J connectivity index is 1.35. The van der Waals surface area contributed by atoms with Crippen LogP contribution in [0.25, 0.3) is 10.9 Å². The number of para-hydroxylation sites is 3. The predicted molar refractivity (Wildman–Crippen MR) is 124 cm³/mol. The summed E-state index contributed by atoms with van der Waals surface area (Å²) in [6.07, 6.45) is 0.955. The van der Waals surface area contributed by atoms with Crippen molar-refractivity contribution in [2.24, 2.45) is 5.10 Å². The Labute approximate surface area is 186 Å². The molecule has 32 heavy (non-hydrogen) atoms. The molecule has 0 radical (unpaired) electrons. The Hall–Kier alpha value is -4.06. The van der Waals surface area contributed by atoms with Gasteiger partial charge in [-0.25, -0.2) is 5.43 Å². The number of aromatic nitrogens is 1. The average Bonchev–Trinajstić information content (AvgIpc) is 3.10. The SMILES string of the molecule is Cc1c(/C=N/NC(=O)C2COc3ccccc3O2)c2ccccc2n1Cc1ccccc1. The highest BCUT2D eigenvalue weighted by Crippen LogP contribution is 2.31. The zero-order valence-electron chi connectivity index (χ0n) is 17.7. The van der Waals surface area contributed by atoms with E-state index in [4.69, 9.17) is 9.47 Å². The lowest BCUT2D eigenvalue weighted by atomic mass is 10.1. The molecule has 0 saturated heterocycles. The molecule has 1 aromatic heterocycles. The molecule has 0 fully saturated rings. The molecule has 1 N–H and O–H groups in total. The average molecular weight is 425 g/mol. The summed E-state index contributed by atoms with van der Waals surface area (Å²) in [5.41, 5.74) is 7.01. The second-order valence-electron chi connectivity index (χ2n) is 7.69. The number of hydrazone groups is 1. The molecular formula is C26H23N3O3. The molecular weight excluding hydrogens is 402 g/mol. The molecule has 1 aliphatic heterocycles. The fraction of sp³-hybridized carbons (Fsp3) is 0.154. The summed E-state index contributed by atoms with van der Waals surface area (Å²) in [7, 11) is 0. The van der Waals surface area contributed by atoms with Gasteiger partial charge in [0.15, 0.2) is 11.5 Å². The van der Waals surface area contributed by atoms with Crippen LogP contribution < -0.4 is 14.9 Å². The number of carbonyl (C=O) groups is 1. The highest BCUT2D eigenvalue weighted by atomic mass is 16.6. The standard InChI is InChI=1S/C26H23N3O3/c1-18-21(15-27-28-26(30)25-17-31-23-13-7-8-14-24(23)32-25)20-11-5-6-12-22(20)29(18)16-19-9-3-2-4-10-19/h2-15,25H,16-17H2,1H3,(H,28,30)/b27-15+. The van der Waals surface area contributed by atoms with Crippen molar-refractivity contribution in [3.05, 3.63) is 95.7 Å². The summed E-state index contributed by atoms with van der Waals surface area (Å²) >= 11 is 0. The largest absolute Gasteiger partial charge is 0.485 e. The molecule has 160 valence electrons. The van der Waals surface area contributed by atoms with E-state index in [0.29, 0.717) is 11.5 Å². The highest BCUT2D eigenvalue weighted by Gasteiger charge is 2.27. The maximum atomic E-state index is 12.6. The Morgan fingerprint density at radius 1 is 1.03 bits per heavy atom. The third-order valence-electron chi connectivity index (χ3n) is 5.63. The summed E-state index contributed by atoms with van der Waals surface area (Å²) in [6, 6.07) is 25.9. The van der Waals surface area contributed by atoms with E-state index in [-0.39, 0.29) is 12.5 Å². The minimum atomic E-state index is -0.748. The van der Waals surface area contributed by atoms with Crippen LogP contribution in [0.15, 0.2) is 84.0 Å². The summed E-state index contributed by atoms with van der Waals surface area (Å²) < 4.78 is 13.6. The monoisotopic (exact) mass is 425 g/mol. The molecule has 3 aromatic carbocycles. The van der Waals surface area contributed by atoms with Crippen LogP contribution in [0.1, 0.15) is 16.8 Å². The highest BCUT2D eigenvalue weighted by molar-refractivity contribution is 6.01. The fourth-order valence-corrected chi connectivity index (χ4v) is 3.97. The number of amides is 1. The number of fused-ring (bicyclic) bond motifs is 2. The van der Waals surface area contributed by atoms with E-state index >= 15 is 0 Å². The van der Waals surface area contributed by atoms with Crippen molar-refractivity contribution in [1.29, 1.82) is 0 Å². The first-order valence-corrected chi connectivity index (χ1v) is 10.5. The van der Waals surface area contributed by atoms with E-state index in [9.17, 15) is 4.79 Å². The lowest BCUT2D eigenvalue weighted by molar-refractivity contribution is -0.130. The van der Waals surface area contributed by atoms with Crippen LogP contribution in [0.2, 0.25) is 0 Å². The van der Waals surface area contributed by atoms with Crippen LogP contribution in [0.3, 0.4) is 0 Å². The number of hydrogen-bond acceptors (Lipinski definition) is 4. The fourth-order valence-electron chi connectivity index (χ4n) is 3.97. The minimum Gasteiger partial charge on any atom is -0.485 e. The van der Waals surface area contributed by atoms with Crippen molar-refractivity contribution in [3.8, 4) is 11.5 Å². The topological polar surface area (TPSA) is 64.8 Å². The zero-order chi connectivity index (χ0) is 21.9. The molecule has 0 bridgehead atoms. The van der Waals surface area contributed by atoms with Gasteiger partial charge in [0.2, 0.25) is 6.10 Å². The van der Waals surface area contributed by atoms with E-state index in [0.717, 1.165) is 28.7 Å². The molecule has 1 aliphatic rings. The number of hydrogen-bond donors (Lipinski definition) is 1. The molecule has 1 atom stereocenters. The number of nitrogens with zero attached hydrogens (tertiary/aromatic N) is 2. The van der Waals surface area contributed by atoms with Crippen LogP contribution >= 0.6 is 0 Å². The molecule has 5 rings (SSSR count). The number of benzene rings is 3. The summed E-state index contributed by atoms with van der Waals surface area (Å²) in [4.78, 5) is 12.6. The van der Waals surface area contributed by atoms with Gasteiger partial charge in [0, 0.05) is 28.7 Å². The van der Waals surface area contributed by atoms with Gasteiger partial charge in [-0.05, 0) is 30.7 Å². The van der Waals surface area contributed by atoms with E-state index in [1.165, 1.54) is 5.56 Å². The molecule has 0 aliphatic carbocycles. The van der Waals surface area contributed by atoms with Crippen LogP contribution in [0, 0.1) is 6.92 Å². The van der Waals surface area contributed by atoms with Crippen molar-refractivity contribution in [2.75, 3.05) is 6.61 Å². The van der Waals surface area contributed by atoms with Gasteiger partial charge >= 0.3 is 0 Å². The van der Waals surface area contributed by atoms with Crippen molar-refractivity contribution in [1.82, 2.24) is 9.99 Å². The van der Waals surface area contributed by atoms with Gasteiger partial charge in [-0.15, -0.1) is 0 Å². The quantitative estimate of drug-likeness (QED) is 0.383. The molecule has 0 saturated carbocycles. The first kappa shape index (κ1) is 19.9. The Kier molecular flexibility index (Phi) is 5.34. The summed E-state index contributed by atoms with van der Waals surface area (Å²) in [6.45, 7) is 2.98. The molecule has 4 aromatic rings. The molecule has 6 nitrogen and oxygen atoms in total. The second-order valence-corrected chi connectivity index (χ2v) is 7.69. The van der Waals surface area contributed by atoms with Crippen molar-refractivity contribution in [3.63, 3.8) is 0 Å². The van der Waals surface area contributed by atoms with Crippen molar-refractivity contribution < 1.29 is 14.3 Å². The third-order valence-corrected chi connectivity index (χ3v) is 5.63. The number of carbonyl (C=O) groups excluding carboxylic acids is 1. The van der Waals surface area contributed by atoms with Crippen LogP contribution in [0.4, 0.5) is 0 Å². The van der Waals surface area contributed by atoms with Crippen LogP contribution in [0.5, 0.6) is 11.5 Å².